The van der Waals surface area contributed by atoms with Crippen molar-refractivity contribution in [1.29, 1.82) is 0 Å². The molecule has 2 fully saturated rings. The van der Waals surface area contributed by atoms with E-state index in [1.165, 1.54) is 94.6 Å². The van der Waals surface area contributed by atoms with E-state index in [-0.39, 0.29) is 0 Å². The van der Waals surface area contributed by atoms with Crippen molar-refractivity contribution in [1.82, 2.24) is 0 Å². The highest BCUT2D eigenvalue weighted by molar-refractivity contribution is 5.33. The molecule has 0 heterocycles. The number of para-hydroxylation sites is 1. The van der Waals surface area contributed by atoms with E-state index in [4.69, 9.17) is 4.74 Å². The predicted octanol–water partition coefficient (Wildman–Crippen LogP) is 8.55. The van der Waals surface area contributed by atoms with E-state index in [1.807, 2.05) is 0 Å². The third kappa shape index (κ3) is 7.36. The van der Waals surface area contributed by atoms with Crippen LogP contribution >= 0.6 is 0 Å². The minimum Gasteiger partial charge on any atom is -0.512 e. The van der Waals surface area contributed by atoms with Crippen LogP contribution in [-0.2, 0) is 6.42 Å². The van der Waals surface area contributed by atoms with Crippen molar-refractivity contribution in [2.45, 2.75) is 109 Å². The minimum absolute atomic E-state index is 0.725. The van der Waals surface area contributed by atoms with Gasteiger partial charge in [-0.05, 0) is 67.6 Å². The number of allylic oxidation sites excluding steroid dienone is 2. The van der Waals surface area contributed by atoms with Gasteiger partial charge >= 0.3 is 0 Å². The zero-order valence-electron chi connectivity index (χ0n) is 19.3. The molecular formula is C28H44O2. The molecule has 0 radical (unpaired) electrons. The van der Waals surface area contributed by atoms with E-state index in [9.17, 15) is 5.11 Å². The normalized spacial score (nSPS) is 20.9. The second-order valence-electron chi connectivity index (χ2n) is 9.72. The van der Waals surface area contributed by atoms with Crippen molar-refractivity contribution in [2.24, 2.45) is 11.8 Å². The van der Waals surface area contributed by atoms with Gasteiger partial charge in [0.2, 0.25) is 0 Å². The molecule has 2 aliphatic carbocycles. The highest BCUT2D eigenvalue weighted by Gasteiger charge is 2.26. The van der Waals surface area contributed by atoms with Crippen LogP contribution in [0.5, 0.6) is 5.75 Å². The Balaban J connectivity index is 1.22. The Morgan fingerprint density at radius 3 is 2.20 bits per heavy atom. The molecular weight excluding hydrogens is 368 g/mol. The second kappa shape index (κ2) is 13.1. The molecule has 2 saturated carbocycles. The molecule has 1 unspecified atom stereocenters. The molecule has 2 atom stereocenters. The fourth-order valence-electron chi connectivity index (χ4n) is 5.55. The Morgan fingerprint density at radius 2 is 1.53 bits per heavy atom. The fraction of sp³-hybridized carbons (Fsp3) is 0.714. The first kappa shape index (κ1) is 23.2. The molecule has 0 spiro atoms. The van der Waals surface area contributed by atoms with Gasteiger partial charge in [-0.25, -0.2) is 0 Å². The number of hydrogen-bond acceptors (Lipinski definition) is 2. The smallest absolute Gasteiger partial charge is 0.122 e. The molecule has 168 valence electrons. The molecule has 0 bridgehead atoms. The maximum atomic E-state index is 10.0. The second-order valence-corrected chi connectivity index (χ2v) is 9.72. The molecule has 0 aliphatic heterocycles. The largest absolute Gasteiger partial charge is 0.512 e. The van der Waals surface area contributed by atoms with E-state index in [1.54, 1.807) is 7.11 Å². The van der Waals surface area contributed by atoms with Gasteiger partial charge in [0.1, 0.15) is 5.75 Å². The summed E-state index contributed by atoms with van der Waals surface area (Å²) in [6.45, 7) is 0. The third-order valence-electron chi connectivity index (χ3n) is 7.63. The molecule has 2 aliphatic rings. The van der Waals surface area contributed by atoms with Crippen molar-refractivity contribution < 1.29 is 9.84 Å². The lowest BCUT2D eigenvalue weighted by Crippen LogP contribution is -2.08. The van der Waals surface area contributed by atoms with Crippen molar-refractivity contribution in [3.8, 4) is 5.75 Å². The van der Waals surface area contributed by atoms with Crippen LogP contribution in [0.1, 0.15) is 108 Å². The highest BCUT2D eigenvalue weighted by atomic mass is 16.5. The first-order valence-corrected chi connectivity index (χ1v) is 12.8. The van der Waals surface area contributed by atoms with Crippen LogP contribution in [0.4, 0.5) is 0 Å². The molecule has 0 amide bonds. The maximum Gasteiger partial charge on any atom is 0.122 e. The van der Waals surface area contributed by atoms with E-state index >= 15 is 0 Å². The number of aliphatic hydroxyl groups is 1. The van der Waals surface area contributed by atoms with Crippen molar-refractivity contribution in [3.05, 3.63) is 41.2 Å². The number of methoxy groups -OCH3 is 1. The van der Waals surface area contributed by atoms with Crippen LogP contribution in [0.15, 0.2) is 35.6 Å². The molecule has 1 aromatic carbocycles. The van der Waals surface area contributed by atoms with Crippen molar-refractivity contribution in [3.63, 3.8) is 0 Å². The van der Waals surface area contributed by atoms with Crippen LogP contribution in [0, 0.1) is 11.8 Å². The summed E-state index contributed by atoms with van der Waals surface area (Å²) in [6, 6.07) is 8.46. The van der Waals surface area contributed by atoms with Gasteiger partial charge in [-0.1, -0.05) is 82.4 Å². The van der Waals surface area contributed by atoms with Crippen LogP contribution in [0.25, 0.3) is 0 Å². The van der Waals surface area contributed by atoms with Gasteiger partial charge in [-0.2, -0.15) is 0 Å². The third-order valence-corrected chi connectivity index (χ3v) is 7.63. The summed E-state index contributed by atoms with van der Waals surface area (Å²) in [5.41, 5.74) is 2.70. The van der Waals surface area contributed by atoms with Gasteiger partial charge < -0.3 is 9.84 Å². The quantitative estimate of drug-likeness (QED) is 0.245. The Kier molecular flexibility index (Phi) is 10.1. The minimum atomic E-state index is 0.725. The van der Waals surface area contributed by atoms with Crippen molar-refractivity contribution >= 4 is 0 Å². The van der Waals surface area contributed by atoms with Gasteiger partial charge in [-0.3, -0.25) is 0 Å². The summed E-state index contributed by atoms with van der Waals surface area (Å²) < 4.78 is 5.47. The standard InChI is InChI=1S/C28H44O2/c1-30-28-22-10-9-16-26(28)15-7-4-6-14-24-18-11-17-23(24)13-5-2-3-8-21-27(29)25-19-12-20-25/h9-10,16,22-24,29H,2-8,11-15,17-21H2,1H3/t23-,24?/m0/s1. The van der Waals surface area contributed by atoms with Crippen LogP contribution < -0.4 is 4.74 Å². The van der Waals surface area contributed by atoms with Crippen LogP contribution in [-0.4, -0.2) is 12.2 Å². The number of aryl methyl sites for hydroxylation is 1. The Bertz CT molecular complexity index is 642. The monoisotopic (exact) mass is 412 g/mol. The number of rotatable bonds is 14. The van der Waals surface area contributed by atoms with E-state index in [2.05, 4.69) is 24.3 Å². The lowest BCUT2D eigenvalue weighted by atomic mass is 9.86. The lowest BCUT2D eigenvalue weighted by molar-refractivity contribution is 0.321. The van der Waals surface area contributed by atoms with Crippen molar-refractivity contribution in [2.75, 3.05) is 7.11 Å². The number of hydrogen-bond donors (Lipinski definition) is 1. The molecule has 2 nitrogen and oxygen atoms in total. The summed E-state index contributed by atoms with van der Waals surface area (Å²) in [4.78, 5) is 0. The average Bonchev–Trinajstić information content (AvgIpc) is 3.16. The van der Waals surface area contributed by atoms with Gasteiger partial charge in [-0.15, -0.1) is 0 Å². The first-order valence-electron chi connectivity index (χ1n) is 12.8. The molecule has 30 heavy (non-hydrogen) atoms. The van der Waals surface area contributed by atoms with Gasteiger partial charge in [0.05, 0.1) is 12.9 Å². The molecule has 1 aromatic rings. The predicted molar refractivity (Wildman–Crippen MR) is 127 cm³/mol. The number of ether oxygens (including phenoxy) is 1. The van der Waals surface area contributed by atoms with Crippen LogP contribution in [0.2, 0.25) is 0 Å². The van der Waals surface area contributed by atoms with Gasteiger partial charge in [0, 0.05) is 6.42 Å². The summed E-state index contributed by atoms with van der Waals surface area (Å²) in [7, 11) is 1.77. The molecule has 2 heteroatoms. The van der Waals surface area contributed by atoms with Gasteiger partial charge in [0.15, 0.2) is 0 Å². The van der Waals surface area contributed by atoms with E-state index in [0.717, 1.165) is 49.0 Å². The first-order chi connectivity index (χ1) is 14.8. The molecule has 3 rings (SSSR count). The average molecular weight is 413 g/mol. The van der Waals surface area contributed by atoms with E-state index < -0.39 is 0 Å². The Labute approximate surface area is 185 Å². The molecule has 0 aromatic heterocycles. The summed E-state index contributed by atoms with van der Waals surface area (Å²) in [5, 5.41) is 10.0. The SMILES string of the molecule is COc1ccccc1CCCCCC1CCC[C@@H]1CCCCCCC(O)=C1CCC1. The Morgan fingerprint density at radius 1 is 0.867 bits per heavy atom. The number of unbranched alkanes of at least 4 members (excludes halogenated alkanes) is 5. The summed E-state index contributed by atoms with van der Waals surface area (Å²) in [6.07, 6.45) is 22.2. The number of aliphatic hydroxyl groups excluding tert-OH is 1. The van der Waals surface area contributed by atoms with E-state index in [0.29, 0.717) is 0 Å². The summed E-state index contributed by atoms with van der Waals surface area (Å²) in [5.74, 6) is 3.75. The highest BCUT2D eigenvalue weighted by Crippen LogP contribution is 2.38. The zero-order valence-corrected chi connectivity index (χ0v) is 19.3. The fourth-order valence-corrected chi connectivity index (χ4v) is 5.55. The molecule has 1 N–H and O–H groups in total. The molecule has 0 saturated heterocycles. The topological polar surface area (TPSA) is 29.5 Å². The lowest BCUT2D eigenvalue weighted by Gasteiger charge is -2.20. The van der Waals surface area contributed by atoms with Crippen LogP contribution in [0.3, 0.4) is 0 Å². The summed E-state index contributed by atoms with van der Waals surface area (Å²) >= 11 is 0. The zero-order chi connectivity index (χ0) is 21.0. The Hall–Kier alpha value is -1.44. The number of benzene rings is 1. The van der Waals surface area contributed by atoms with Gasteiger partial charge in [0.25, 0.3) is 0 Å². The maximum absolute atomic E-state index is 10.0.